The summed E-state index contributed by atoms with van der Waals surface area (Å²) in [6.45, 7) is 3.41. The molecule has 0 N–H and O–H groups in total. The highest BCUT2D eigenvalue weighted by Crippen LogP contribution is 1.95. The Balaban J connectivity index is 3.61. The molecule has 4 nitrogen and oxygen atoms in total. The molecule has 0 amide bonds. The number of hydrogen-bond donors (Lipinski definition) is 0. The summed E-state index contributed by atoms with van der Waals surface area (Å²) in [6.07, 6.45) is -0.449. The number of carbonyl (C=O) groups excluding carboxylic acids is 2. The van der Waals surface area contributed by atoms with Gasteiger partial charge < -0.3 is 9.47 Å². The molecule has 0 saturated heterocycles. The molecule has 0 saturated carbocycles. The number of carbonyl (C=O) groups is 2. The topological polar surface area (TPSA) is 52.6 Å². The van der Waals surface area contributed by atoms with Crippen molar-refractivity contribution >= 4 is 11.8 Å². The molecular weight excluding hydrogens is 160 g/mol. The molecule has 4 heteroatoms. The number of Topliss-reactive ketones (excluding diaryl/α,β-unsaturated/α-hetero) is 1. The van der Waals surface area contributed by atoms with Crippen LogP contribution in [0.1, 0.15) is 20.3 Å². The zero-order valence-corrected chi connectivity index (χ0v) is 7.62. The lowest BCUT2D eigenvalue weighted by atomic mass is 10.3. The van der Waals surface area contributed by atoms with Crippen LogP contribution in [-0.4, -0.2) is 31.6 Å². The van der Waals surface area contributed by atoms with Gasteiger partial charge in [0, 0.05) is 7.11 Å². The number of methoxy groups -OCH3 is 1. The maximum absolute atomic E-state index is 10.8. The van der Waals surface area contributed by atoms with Gasteiger partial charge in [0.15, 0.2) is 0 Å². The summed E-state index contributed by atoms with van der Waals surface area (Å²) in [7, 11) is 1.52. The van der Waals surface area contributed by atoms with E-state index in [0.717, 1.165) is 0 Å². The SMILES string of the molecule is COCC(C)OC(=O)CC(C)=O. The average Bonchev–Trinajstić information content (AvgIpc) is 1.84. The summed E-state index contributed by atoms with van der Waals surface area (Å²) in [4.78, 5) is 21.3. The fraction of sp³-hybridized carbons (Fsp3) is 0.750. The lowest BCUT2D eigenvalue weighted by molar-refractivity contribution is -0.151. The van der Waals surface area contributed by atoms with Crippen molar-refractivity contribution in [2.24, 2.45) is 0 Å². The lowest BCUT2D eigenvalue weighted by Crippen LogP contribution is -2.20. The van der Waals surface area contributed by atoms with Crippen LogP contribution >= 0.6 is 0 Å². The Bertz CT molecular complexity index is 164. The Hall–Kier alpha value is -0.900. The van der Waals surface area contributed by atoms with E-state index in [-0.39, 0.29) is 18.3 Å². The molecule has 0 aliphatic carbocycles. The molecule has 0 rings (SSSR count). The third kappa shape index (κ3) is 5.85. The van der Waals surface area contributed by atoms with Crippen LogP contribution in [0.15, 0.2) is 0 Å². The van der Waals surface area contributed by atoms with Crippen LogP contribution in [0.2, 0.25) is 0 Å². The molecule has 0 spiro atoms. The van der Waals surface area contributed by atoms with Crippen molar-refractivity contribution in [3.8, 4) is 0 Å². The van der Waals surface area contributed by atoms with Crippen LogP contribution in [0.4, 0.5) is 0 Å². The van der Waals surface area contributed by atoms with Crippen molar-refractivity contribution in [3.63, 3.8) is 0 Å². The summed E-state index contributed by atoms with van der Waals surface area (Å²) in [5.41, 5.74) is 0. The van der Waals surface area contributed by atoms with Crippen molar-refractivity contribution in [1.82, 2.24) is 0 Å². The normalized spacial score (nSPS) is 12.2. The first-order valence-electron chi connectivity index (χ1n) is 3.74. The summed E-state index contributed by atoms with van der Waals surface area (Å²) in [5.74, 6) is -0.684. The van der Waals surface area contributed by atoms with Gasteiger partial charge in [-0.2, -0.15) is 0 Å². The fourth-order valence-corrected chi connectivity index (χ4v) is 0.738. The predicted octanol–water partition coefficient (Wildman–Crippen LogP) is 0.544. The van der Waals surface area contributed by atoms with E-state index in [9.17, 15) is 9.59 Å². The first-order chi connectivity index (χ1) is 5.56. The summed E-state index contributed by atoms with van der Waals surface area (Å²) >= 11 is 0. The molecular formula is C8H14O4. The minimum Gasteiger partial charge on any atom is -0.460 e. The molecule has 0 aliphatic rings. The summed E-state index contributed by atoms with van der Waals surface area (Å²) < 4.78 is 9.56. The molecule has 70 valence electrons. The maximum atomic E-state index is 10.8. The van der Waals surface area contributed by atoms with Crippen molar-refractivity contribution in [3.05, 3.63) is 0 Å². The van der Waals surface area contributed by atoms with Gasteiger partial charge in [0.1, 0.15) is 18.3 Å². The van der Waals surface area contributed by atoms with E-state index in [2.05, 4.69) is 0 Å². The Morgan fingerprint density at radius 2 is 2.00 bits per heavy atom. The van der Waals surface area contributed by atoms with Gasteiger partial charge in [0.05, 0.1) is 6.61 Å². The monoisotopic (exact) mass is 174 g/mol. The van der Waals surface area contributed by atoms with E-state index in [1.54, 1.807) is 6.92 Å². The Morgan fingerprint density at radius 3 is 2.42 bits per heavy atom. The highest BCUT2D eigenvalue weighted by atomic mass is 16.6. The zero-order valence-electron chi connectivity index (χ0n) is 7.62. The van der Waals surface area contributed by atoms with Gasteiger partial charge in [0.2, 0.25) is 0 Å². The van der Waals surface area contributed by atoms with Crippen molar-refractivity contribution in [1.29, 1.82) is 0 Å². The van der Waals surface area contributed by atoms with Gasteiger partial charge in [0.25, 0.3) is 0 Å². The minimum absolute atomic E-state index is 0.159. The second-order valence-corrected chi connectivity index (χ2v) is 2.63. The standard InChI is InChI=1S/C8H14O4/c1-6(9)4-8(10)12-7(2)5-11-3/h7H,4-5H2,1-3H3. The van der Waals surface area contributed by atoms with Crippen LogP contribution in [0.25, 0.3) is 0 Å². The van der Waals surface area contributed by atoms with Crippen LogP contribution in [0.5, 0.6) is 0 Å². The predicted molar refractivity (Wildman–Crippen MR) is 42.7 cm³/mol. The largest absolute Gasteiger partial charge is 0.460 e. The number of ketones is 1. The van der Waals surface area contributed by atoms with E-state index in [0.29, 0.717) is 6.61 Å². The Labute approximate surface area is 71.8 Å². The number of esters is 1. The van der Waals surface area contributed by atoms with Crippen LogP contribution < -0.4 is 0 Å². The summed E-state index contributed by atoms with van der Waals surface area (Å²) in [6, 6.07) is 0. The molecule has 0 fully saturated rings. The van der Waals surface area contributed by atoms with Gasteiger partial charge >= 0.3 is 5.97 Å². The highest BCUT2D eigenvalue weighted by molar-refractivity contribution is 5.94. The van der Waals surface area contributed by atoms with Gasteiger partial charge in [-0.05, 0) is 13.8 Å². The van der Waals surface area contributed by atoms with Crippen molar-refractivity contribution in [2.75, 3.05) is 13.7 Å². The molecule has 0 aliphatic heterocycles. The Morgan fingerprint density at radius 1 is 1.42 bits per heavy atom. The number of hydrogen-bond acceptors (Lipinski definition) is 4. The molecule has 0 radical (unpaired) electrons. The molecule has 12 heavy (non-hydrogen) atoms. The van der Waals surface area contributed by atoms with Crippen LogP contribution in [0.3, 0.4) is 0 Å². The number of rotatable bonds is 5. The van der Waals surface area contributed by atoms with Crippen molar-refractivity contribution in [2.45, 2.75) is 26.4 Å². The molecule has 1 atom stereocenters. The molecule has 0 aromatic rings. The number of ether oxygens (including phenoxy) is 2. The minimum atomic E-state index is -0.493. The summed E-state index contributed by atoms with van der Waals surface area (Å²) in [5, 5.41) is 0. The Kier molecular flexibility index (Phi) is 5.28. The van der Waals surface area contributed by atoms with Gasteiger partial charge in [-0.3, -0.25) is 9.59 Å². The van der Waals surface area contributed by atoms with Crippen molar-refractivity contribution < 1.29 is 19.1 Å². The third-order valence-corrected chi connectivity index (χ3v) is 1.13. The first-order valence-corrected chi connectivity index (χ1v) is 3.74. The van der Waals surface area contributed by atoms with Gasteiger partial charge in [-0.15, -0.1) is 0 Å². The third-order valence-electron chi connectivity index (χ3n) is 1.13. The highest BCUT2D eigenvalue weighted by Gasteiger charge is 2.10. The van der Waals surface area contributed by atoms with Crippen LogP contribution in [0, 0.1) is 0 Å². The molecule has 0 aromatic carbocycles. The lowest BCUT2D eigenvalue weighted by Gasteiger charge is -2.10. The second-order valence-electron chi connectivity index (χ2n) is 2.63. The van der Waals surface area contributed by atoms with Gasteiger partial charge in [-0.25, -0.2) is 0 Å². The molecule has 0 aromatic heterocycles. The van der Waals surface area contributed by atoms with E-state index in [4.69, 9.17) is 9.47 Å². The quantitative estimate of drug-likeness (QED) is 0.451. The first kappa shape index (κ1) is 11.1. The second kappa shape index (κ2) is 5.71. The van der Waals surface area contributed by atoms with E-state index >= 15 is 0 Å². The molecule has 0 heterocycles. The molecule has 0 bridgehead atoms. The maximum Gasteiger partial charge on any atom is 0.313 e. The smallest absolute Gasteiger partial charge is 0.313 e. The average molecular weight is 174 g/mol. The zero-order chi connectivity index (χ0) is 9.56. The van der Waals surface area contributed by atoms with Gasteiger partial charge in [-0.1, -0.05) is 0 Å². The van der Waals surface area contributed by atoms with E-state index in [1.165, 1.54) is 14.0 Å². The molecule has 1 unspecified atom stereocenters. The van der Waals surface area contributed by atoms with E-state index in [1.807, 2.05) is 0 Å². The fourth-order valence-electron chi connectivity index (χ4n) is 0.738. The van der Waals surface area contributed by atoms with E-state index < -0.39 is 5.97 Å². The van der Waals surface area contributed by atoms with Crippen LogP contribution in [-0.2, 0) is 19.1 Å².